The molecule has 0 radical (unpaired) electrons. The predicted octanol–water partition coefficient (Wildman–Crippen LogP) is 2.27. The van der Waals surface area contributed by atoms with Gasteiger partial charge in [-0.15, -0.1) is 0 Å². The number of carboxylic acids is 1. The van der Waals surface area contributed by atoms with Crippen LogP contribution in [0.2, 0.25) is 0 Å². The second-order valence-electron chi connectivity index (χ2n) is 3.19. The van der Waals surface area contributed by atoms with E-state index in [0.717, 1.165) is 17.6 Å². The summed E-state index contributed by atoms with van der Waals surface area (Å²) < 4.78 is 0. The Hall–Kier alpha value is -1.83. The molecule has 0 atom stereocenters. The van der Waals surface area contributed by atoms with E-state index in [2.05, 4.69) is 6.07 Å². The molecule has 0 aromatic heterocycles. The summed E-state index contributed by atoms with van der Waals surface area (Å²) in [6.07, 6.45) is 5.77. The molecule has 1 aromatic rings. The first kappa shape index (κ1) is 8.75. The third-order valence-electron chi connectivity index (χ3n) is 2.28. The fourth-order valence-corrected chi connectivity index (χ4v) is 1.63. The Kier molecular flexibility index (Phi) is 2.19. The number of rotatable bonds is 2. The second kappa shape index (κ2) is 3.50. The summed E-state index contributed by atoms with van der Waals surface area (Å²) >= 11 is 0. The van der Waals surface area contributed by atoms with Crippen LogP contribution in [0.5, 0.6) is 0 Å². The van der Waals surface area contributed by atoms with Crippen molar-refractivity contribution in [3.63, 3.8) is 0 Å². The van der Waals surface area contributed by atoms with Crippen molar-refractivity contribution in [3.05, 3.63) is 53.6 Å². The number of carbonyl (C=O) groups is 1. The molecule has 1 N–H and O–H groups in total. The van der Waals surface area contributed by atoms with E-state index in [4.69, 9.17) is 5.11 Å². The third kappa shape index (κ3) is 1.59. The Morgan fingerprint density at radius 1 is 1.36 bits per heavy atom. The first-order valence-corrected chi connectivity index (χ1v) is 4.47. The molecule has 2 rings (SSSR count). The summed E-state index contributed by atoms with van der Waals surface area (Å²) in [5, 5.41) is 8.51. The lowest BCUT2D eigenvalue weighted by atomic mass is 10.1. The van der Waals surface area contributed by atoms with E-state index < -0.39 is 5.97 Å². The number of benzene rings is 1. The summed E-state index contributed by atoms with van der Waals surface area (Å²) in [7, 11) is 0. The van der Waals surface area contributed by atoms with Gasteiger partial charge in [0.15, 0.2) is 0 Å². The zero-order valence-electron chi connectivity index (χ0n) is 7.60. The number of allylic oxidation sites excluding steroid dienone is 3. The molecule has 1 aliphatic rings. The smallest absolute Gasteiger partial charge is 0.328 e. The van der Waals surface area contributed by atoms with Crippen molar-refractivity contribution in [3.8, 4) is 0 Å². The molecule has 0 saturated heterocycles. The predicted molar refractivity (Wildman–Crippen MR) is 54.9 cm³/mol. The van der Waals surface area contributed by atoms with E-state index in [1.165, 1.54) is 11.6 Å². The lowest BCUT2D eigenvalue weighted by Crippen LogP contribution is -1.87. The van der Waals surface area contributed by atoms with Gasteiger partial charge in [-0.05, 0) is 29.2 Å². The Labute approximate surface area is 82.2 Å². The molecule has 1 aliphatic carbocycles. The fourth-order valence-electron chi connectivity index (χ4n) is 1.63. The summed E-state index contributed by atoms with van der Waals surface area (Å²) in [6.45, 7) is 0. The van der Waals surface area contributed by atoms with Crippen molar-refractivity contribution in [2.75, 3.05) is 0 Å². The highest BCUT2D eigenvalue weighted by atomic mass is 16.4. The number of fused-ring (bicyclic) bond motifs is 1. The van der Waals surface area contributed by atoms with Gasteiger partial charge in [0, 0.05) is 6.08 Å². The first-order chi connectivity index (χ1) is 6.77. The minimum absolute atomic E-state index is 0.898. The van der Waals surface area contributed by atoms with E-state index in [-0.39, 0.29) is 0 Å². The maximum absolute atomic E-state index is 10.4. The lowest BCUT2D eigenvalue weighted by Gasteiger charge is -1.99. The van der Waals surface area contributed by atoms with Crippen LogP contribution in [-0.2, 0) is 11.2 Å². The highest BCUT2D eigenvalue weighted by Crippen LogP contribution is 2.27. The van der Waals surface area contributed by atoms with Gasteiger partial charge in [-0.3, -0.25) is 0 Å². The molecule has 0 spiro atoms. The molecule has 0 aliphatic heterocycles. The molecule has 70 valence electrons. The quantitative estimate of drug-likeness (QED) is 0.719. The molecule has 0 bridgehead atoms. The van der Waals surface area contributed by atoms with Crippen molar-refractivity contribution in [2.45, 2.75) is 6.42 Å². The molecule has 1 aromatic carbocycles. The fraction of sp³-hybridized carbons (Fsp3) is 0.0833. The monoisotopic (exact) mass is 186 g/mol. The molecule has 14 heavy (non-hydrogen) atoms. The minimum atomic E-state index is -0.907. The van der Waals surface area contributed by atoms with Crippen molar-refractivity contribution in [1.29, 1.82) is 0 Å². The first-order valence-electron chi connectivity index (χ1n) is 4.47. The SMILES string of the molecule is O=C(O)/C=C/C1=CCc2ccccc21. The van der Waals surface area contributed by atoms with Crippen molar-refractivity contribution >= 4 is 11.5 Å². The van der Waals surface area contributed by atoms with Crippen molar-refractivity contribution < 1.29 is 9.90 Å². The van der Waals surface area contributed by atoms with Crippen molar-refractivity contribution in [1.82, 2.24) is 0 Å². The van der Waals surface area contributed by atoms with Crippen molar-refractivity contribution in [2.24, 2.45) is 0 Å². The van der Waals surface area contributed by atoms with E-state index in [1.807, 2.05) is 24.3 Å². The van der Waals surface area contributed by atoms with Gasteiger partial charge in [0.1, 0.15) is 0 Å². The Morgan fingerprint density at radius 2 is 2.14 bits per heavy atom. The summed E-state index contributed by atoms with van der Waals surface area (Å²) in [4.78, 5) is 10.4. The van der Waals surface area contributed by atoms with Gasteiger partial charge < -0.3 is 5.11 Å². The van der Waals surface area contributed by atoms with Gasteiger partial charge in [-0.1, -0.05) is 30.3 Å². The van der Waals surface area contributed by atoms with Crippen LogP contribution >= 0.6 is 0 Å². The molecule has 0 saturated carbocycles. The zero-order chi connectivity index (χ0) is 9.97. The number of carboxylic acid groups (broad SMARTS) is 1. The Bertz CT molecular complexity index is 428. The normalized spacial score (nSPS) is 14.1. The van der Waals surface area contributed by atoms with Gasteiger partial charge in [0.25, 0.3) is 0 Å². The van der Waals surface area contributed by atoms with Crippen LogP contribution < -0.4 is 0 Å². The van der Waals surface area contributed by atoms with Crippen LogP contribution in [0.4, 0.5) is 0 Å². The maximum atomic E-state index is 10.4. The molecular formula is C12H10O2. The maximum Gasteiger partial charge on any atom is 0.328 e. The van der Waals surface area contributed by atoms with Crippen LogP contribution in [0.3, 0.4) is 0 Å². The second-order valence-corrected chi connectivity index (χ2v) is 3.19. The molecule has 2 heteroatoms. The molecule has 0 fully saturated rings. The van der Waals surface area contributed by atoms with Gasteiger partial charge in [0.2, 0.25) is 0 Å². The van der Waals surface area contributed by atoms with E-state index >= 15 is 0 Å². The van der Waals surface area contributed by atoms with Crippen LogP contribution in [-0.4, -0.2) is 11.1 Å². The highest BCUT2D eigenvalue weighted by molar-refractivity contribution is 5.87. The van der Waals surface area contributed by atoms with Crippen LogP contribution in [0, 0.1) is 0 Å². The van der Waals surface area contributed by atoms with Crippen LogP contribution in [0.15, 0.2) is 42.5 Å². The standard InChI is InChI=1S/C12H10O2/c13-12(14)8-7-10-6-5-9-3-1-2-4-11(9)10/h1-4,6-8H,5H2,(H,13,14)/b8-7+. The molecule has 0 amide bonds. The van der Waals surface area contributed by atoms with Gasteiger partial charge in [-0.25, -0.2) is 4.79 Å². The zero-order valence-corrected chi connectivity index (χ0v) is 7.60. The van der Waals surface area contributed by atoms with Gasteiger partial charge in [0.05, 0.1) is 0 Å². The Morgan fingerprint density at radius 3 is 2.93 bits per heavy atom. The number of hydrogen-bond acceptors (Lipinski definition) is 1. The molecule has 0 unspecified atom stereocenters. The average molecular weight is 186 g/mol. The van der Waals surface area contributed by atoms with Gasteiger partial charge in [-0.2, -0.15) is 0 Å². The van der Waals surface area contributed by atoms with E-state index in [9.17, 15) is 4.79 Å². The van der Waals surface area contributed by atoms with Crippen LogP contribution in [0.25, 0.3) is 5.57 Å². The summed E-state index contributed by atoms with van der Waals surface area (Å²) in [6, 6.07) is 8.04. The molecule has 2 nitrogen and oxygen atoms in total. The summed E-state index contributed by atoms with van der Waals surface area (Å²) in [5.41, 5.74) is 3.41. The number of aliphatic carboxylic acids is 1. The minimum Gasteiger partial charge on any atom is -0.478 e. The Balaban J connectivity index is 2.29. The third-order valence-corrected chi connectivity index (χ3v) is 2.28. The lowest BCUT2D eigenvalue weighted by molar-refractivity contribution is -0.131. The largest absolute Gasteiger partial charge is 0.478 e. The highest BCUT2D eigenvalue weighted by Gasteiger charge is 2.10. The molecular weight excluding hydrogens is 176 g/mol. The van der Waals surface area contributed by atoms with E-state index in [1.54, 1.807) is 6.08 Å². The summed E-state index contributed by atoms with van der Waals surface area (Å²) in [5.74, 6) is -0.907. The van der Waals surface area contributed by atoms with E-state index in [0.29, 0.717) is 0 Å². The molecule has 0 heterocycles. The number of hydrogen-bond donors (Lipinski definition) is 1. The average Bonchev–Trinajstić information content (AvgIpc) is 2.58. The topological polar surface area (TPSA) is 37.3 Å². The van der Waals surface area contributed by atoms with Crippen LogP contribution in [0.1, 0.15) is 11.1 Å². The van der Waals surface area contributed by atoms with Gasteiger partial charge >= 0.3 is 5.97 Å².